The first kappa shape index (κ1) is 40.5. The molecule has 0 saturated carbocycles. The molecule has 0 spiro atoms. The summed E-state index contributed by atoms with van der Waals surface area (Å²) in [5, 5.41) is 10.1. The minimum Gasteiger partial charge on any atom is -0.481 e. The Morgan fingerprint density at radius 1 is 0.463 bits per heavy atom. The van der Waals surface area contributed by atoms with Crippen LogP contribution < -0.4 is 0 Å². The summed E-state index contributed by atoms with van der Waals surface area (Å²) in [4.78, 5) is 12.3. The van der Waals surface area contributed by atoms with Gasteiger partial charge in [0.15, 0.2) is 0 Å². The van der Waals surface area contributed by atoms with Gasteiger partial charge in [-0.2, -0.15) is 0 Å². The van der Waals surface area contributed by atoms with Gasteiger partial charge < -0.3 is 5.11 Å². The molecule has 0 aromatic heterocycles. The Morgan fingerprint density at radius 3 is 1.02 bits per heavy atom. The van der Waals surface area contributed by atoms with Crippen LogP contribution in [0.25, 0.3) is 0 Å². The first-order valence-electron chi connectivity index (χ1n) is 19.2. The van der Waals surface area contributed by atoms with E-state index in [-0.39, 0.29) is 11.3 Å². The highest BCUT2D eigenvalue weighted by Gasteiger charge is 2.30. The van der Waals surface area contributed by atoms with Gasteiger partial charge in [0.1, 0.15) is 0 Å². The van der Waals surface area contributed by atoms with E-state index >= 15 is 0 Å². The zero-order valence-electron chi connectivity index (χ0n) is 29.1. The fourth-order valence-corrected chi connectivity index (χ4v) is 6.84. The Hall–Kier alpha value is -0.530. The predicted octanol–water partition coefficient (Wildman–Crippen LogP) is 14.2. The first-order valence-corrected chi connectivity index (χ1v) is 19.2. The molecule has 0 bridgehead atoms. The molecule has 0 aromatic carbocycles. The lowest BCUT2D eigenvalue weighted by molar-refractivity contribution is -0.143. The molecule has 0 saturated heterocycles. The molecule has 1 N–H and O–H groups in total. The van der Waals surface area contributed by atoms with Crippen molar-refractivity contribution in [3.63, 3.8) is 0 Å². The summed E-state index contributed by atoms with van der Waals surface area (Å²) in [6.07, 6.45) is 42.0. The quantitative estimate of drug-likeness (QED) is 0.0771. The van der Waals surface area contributed by atoms with E-state index in [1.165, 1.54) is 186 Å². The molecule has 2 nitrogen and oxygen atoms in total. The lowest BCUT2D eigenvalue weighted by Crippen LogP contribution is -2.26. The highest BCUT2D eigenvalue weighted by Crippen LogP contribution is 2.39. The number of hydrogen-bond donors (Lipinski definition) is 1. The Bertz CT molecular complexity index is 530. The van der Waals surface area contributed by atoms with Crippen molar-refractivity contribution in [2.24, 2.45) is 11.3 Å². The Balaban J connectivity index is 4.31. The second-order valence-electron chi connectivity index (χ2n) is 14.2. The average Bonchev–Trinajstić information content (AvgIpc) is 2.96. The van der Waals surface area contributed by atoms with Crippen LogP contribution in [-0.4, -0.2) is 11.1 Å². The fourth-order valence-electron chi connectivity index (χ4n) is 6.84. The van der Waals surface area contributed by atoms with Crippen molar-refractivity contribution in [1.82, 2.24) is 0 Å². The smallest absolute Gasteiger partial charge is 0.306 e. The van der Waals surface area contributed by atoms with Gasteiger partial charge in [0.05, 0.1) is 5.92 Å². The Labute approximate surface area is 260 Å². The molecule has 0 heterocycles. The van der Waals surface area contributed by atoms with Gasteiger partial charge in [-0.1, -0.05) is 207 Å². The van der Waals surface area contributed by atoms with Gasteiger partial charge in [0.25, 0.3) is 0 Å². The molecule has 0 aliphatic heterocycles. The first-order chi connectivity index (χ1) is 20.0. The highest BCUT2D eigenvalue weighted by atomic mass is 16.4. The average molecular weight is 579 g/mol. The molecule has 2 atom stereocenters. The maximum atomic E-state index is 12.3. The second kappa shape index (κ2) is 30.9. The van der Waals surface area contributed by atoms with Crippen LogP contribution in [0.3, 0.4) is 0 Å². The summed E-state index contributed by atoms with van der Waals surface area (Å²) in [5.41, 5.74) is 0.200. The number of unbranched alkanes of at least 4 members (excludes halogenated alkanes) is 25. The number of aliphatic carboxylic acids is 1. The number of carboxylic acids is 1. The molecular formula is C39H78O2. The van der Waals surface area contributed by atoms with Crippen LogP contribution >= 0.6 is 0 Å². The number of carbonyl (C=O) groups is 1. The fraction of sp³-hybridized carbons (Fsp3) is 0.974. The van der Waals surface area contributed by atoms with Crippen molar-refractivity contribution in [2.45, 2.75) is 233 Å². The van der Waals surface area contributed by atoms with Crippen LogP contribution in [0.1, 0.15) is 233 Å². The van der Waals surface area contributed by atoms with E-state index in [0.717, 1.165) is 19.3 Å². The summed E-state index contributed by atoms with van der Waals surface area (Å²) in [7, 11) is 0. The van der Waals surface area contributed by atoms with Gasteiger partial charge in [-0.3, -0.25) is 4.79 Å². The van der Waals surface area contributed by atoms with Crippen molar-refractivity contribution in [2.75, 3.05) is 0 Å². The zero-order chi connectivity index (χ0) is 30.3. The number of hydrogen-bond acceptors (Lipinski definition) is 1. The van der Waals surface area contributed by atoms with Crippen LogP contribution in [0.2, 0.25) is 0 Å². The van der Waals surface area contributed by atoms with E-state index in [4.69, 9.17) is 0 Å². The normalized spacial score (nSPS) is 13.9. The third-order valence-corrected chi connectivity index (χ3v) is 9.76. The summed E-state index contributed by atoms with van der Waals surface area (Å²) in [5.74, 6) is -0.684. The summed E-state index contributed by atoms with van der Waals surface area (Å²) >= 11 is 0. The van der Waals surface area contributed by atoms with Crippen molar-refractivity contribution in [3.8, 4) is 0 Å². The van der Waals surface area contributed by atoms with Crippen LogP contribution in [0.5, 0.6) is 0 Å². The van der Waals surface area contributed by atoms with Crippen molar-refractivity contribution >= 4 is 5.97 Å². The Kier molecular flexibility index (Phi) is 30.5. The molecule has 0 radical (unpaired) electrons. The standard InChI is InChI=1S/C39H78O2/c1-5-8-11-14-17-19-20-21-22-23-24-25-27-30-33-37(38(40)41)36-39(4,34-31-28-16-13-10-7-3)35-32-29-26-18-15-12-9-6-2/h37H,5-36H2,1-4H3,(H,40,41). The third-order valence-electron chi connectivity index (χ3n) is 9.76. The van der Waals surface area contributed by atoms with Crippen LogP contribution in [0, 0.1) is 11.3 Å². The zero-order valence-corrected chi connectivity index (χ0v) is 29.1. The molecule has 0 aromatic rings. The maximum absolute atomic E-state index is 12.3. The molecule has 0 rings (SSSR count). The number of carboxylic acid groups (broad SMARTS) is 1. The van der Waals surface area contributed by atoms with Gasteiger partial charge in [-0.15, -0.1) is 0 Å². The summed E-state index contributed by atoms with van der Waals surface area (Å²) < 4.78 is 0. The van der Waals surface area contributed by atoms with Crippen LogP contribution in [0.15, 0.2) is 0 Å². The van der Waals surface area contributed by atoms with Gasteiger partial charge in [0.2, 0.25) is 0 Å². The van der Waals surface area contributed by atoms with E-state index in [1.807, 2.05) is 0 Å². The highest BCUT2D eigenvalue weighted by molar-refractivity contribution is 5.70. The number of rotatable bonds is 34. The Morgan fingerprint density at radius 2 is 0.732 bits per heavy atom. The van der Waals surface area contributed by atoms with Crippen molar-refractivity contribution in [3.05, 3.63) is 0 Å². The van der Waals surface area contributed by atoms with E-state index in [2.05, 4.69) is 27.7 Å². The molecular weight excluding hydrogens is 500 g/mol. The van der Waals surface area contributed by atoms with Crippen molar-refractivity contribution in [1.29, 1.82) is 0 Å². The summed E-state index contributed by atoms with van der Waals surface area (Å²) in [6, 6.07) is 0. The van der Waals surface area contributed by atoms with Gasteiger partial charge in [-0.25, -0.2) is 0 Å². The molecule has 2 heteroatoms. The van der Waals surface area contributed by atoms with E-state index in [1.54, 1.807) is 0 Å². The molecule has 0 aliphatic carbocycles. The molecule has 0 fully saturated rings. The third kappa shape index (κ3) is 28.0. The van der Waals surface area contributed by atoms with Gasteiger partial charge in [0, 0.05) is 0 Å². The largest absolute Gasteiger partial charge is 0.481 e. The molecule has 41 heavy (non-hydrogen) atoms. The molecule has 2 unspecified atom stereocenters. The van der Waals surface area contributed by atoms with E-state index in [0.29, 0.717) is 0 Å². The molecule has 0 aliphatic rings. The summed E-state index contributed by atoms with van der Waals surface area (Å²) in [6.45, 7) is 9.29. The minimum atomic E-state index is -0.537. The molecule has 246 valence electrons. The predicted molar refractivity (Wildman–Crippen MR) is 184 cm³/mol. The van der Waals surface area contributed by atoms with Crippen molar-refractivity contribution < 1.29 is 9.90 Å². The monoisotopic (exact) mass is 579 g/mol. The van der Waals surface area contributed by atoms with E-state index < -0.39 is 5.97 Å². The van der Waals surface area contributed by atoms with Crippen LogP contribution in [-0.2, 0) is 4.79 Å². The van der Waals surface area contributed by atoms with Crippen LogP contribution in [0.4, 0.5) is 0 Å². The lowest BCUT2D eigenvalue weighted by atomic mass is 9.72. The SMILES string of the molecule is CCCCCCCCCCCCCCCCC(CC(C)(CCCCCCCC)CCCCCCCCCC)C(=O)O. The minimum absolute atomic E-state index is 0.147. The van der Waals surface area contributed by atoms with Gasteiger partial charge in [-0.05, 0) is 31.1 Å². The lowest BCUT2D eigenvalue weighted by Gasteiger charge is -2.33. The topological polar surface area (TPSA) is 37.3 Å². The van der Waals surface area contributed by atoms with Gasteiger partial charge >= 0.3 is 5.97 Å². The molecule has 0 amide bonds. The second-order valence-corrected chi connectivity index (χ2v) is 14.2. The maximum Gasteiger partial charge on any atom is 0.306 e. The van der Waals surface area contributed by atoms with E-state index in [9.17, 15) is 9.90 Å².